The van der Waals surface area contributed by atoms with E-state index in [9.17, 15) is 28.1 Å². The Morgan fingerprint density at radius 2 is 1.66 bits per heavy atom. The highest BCUT2D eigenvalue weighted by Gasteiger charge is 2.27. The van der Waals surface area contributed by atoms with Gasteiger partial charge in [0.15, 0.2) is 6.61 Å². The van der Waals surface area contributed by atoms with Gasteiger partial charge in [0.05, 0.1) is 16.7 Å². The number of nitro benzene ring substituents is 1. The number of ether oxygens (including phenoxy) is 1. The average molecular weight is 469 g/mol. The zero-order chi connectivity index (χ0) is 23.3. The van der Waals surface area contributed by atoms with Crippen molar-refractivity contribution in [3.8, 4) is 0 Å². The van der Waals surface area contributed by atoms with E-state index in [0.29, 0.717) is 5.69 Å². The molecule has 2 heterocycles. The van der Waals surface area contributed by atoms with Gasteiger partial charge in [0.1, 0.15) is 5.69 Å². The number of hydrogen-bond donors (Lipinski definition) is 0. The van der Waals surface area contributed by atoms with E-state index in [1.165, 1.54) is 21.3 Å². The van der Waals surface area contributed by atoms with E-state index in [1.54, 1.807) is 6.07 Å². The zero-order valence-electron chi connectivity index (χ0n) is 18.1. The van der Waals surface area contributed by atoms with E-state index in [2.05, 4.69) is 0 Å². The largest absolute Gasteiger partial charge is 0.452 e. The highest BCUT2D eigenvalue weighted by atomic mass is 32.2. The van der Waals surface area contributed by atoms with Crippen molar-refractivity contribution in [1.29, 1.82) is 0 Å². The van der Waals surface area contributed by atoms with Crippen LogP contribution >= 0.6 is 0 Å². The minimum Gasteiger partial charge on any atom is -0.452 e. The molecule has 2 saturated heterocycles. The van der Waals surface area contributed by atoms with E-state index in [-0.39, 0.29) is 37.4 Å². The highest BCUT2D eigenvalue weighted by molar-refractivity contribution is 7.88. The minimum absolute atomic E-state index is 0.00460. The number of carbonyl (C=O) groups is 2. The van der Waals surface area contributed by atoms with Crippen LogP contribution in [0.15, 0.2) is 18.2 Å². The minimum atomic E-state index is -3.31. The lowest BCUT2D eigenvalue weighted by Crippen LogP contribution is -2.51. The number of hydrogen-bond acceptors (Lipinski definition) is 8. The summed E-state index contributed by atoms with van der Waals surface area (Å²) in [4.78, 5) is 39.2. The number of carbonyl (C=O) groups excluding carboxylic acids is 2. The van der Waals surface area contributed by atoms with Crippen LogP contribution in [0.3, 0.4) is 0 Å². The lowest BCUT2D eigenvalue weighted by Gasteiger charge is -2.33. The number of nitro groups is 1. The van der Waals surface area contributed by atoms with E-state index in [0.717, 1.165) is 45.0 Å². The van der Waals surface area contributed by atoms with Gasteiger partial charge in [-0.1, -0.05) is 12.8 Å². The second-order valence-corrected chi connectivity index (χ2v) is 9.96. The predicted octanol–water partition coefficient (Wildman–Crippen LogP) is 1.24. The molecule has 0 N–H and O–H groups in total. The highest BCUT2D eigenvalue weighted by Crippen LogP contribution is 2.31. The fourth-order valence-electron chi connectivity index (χ4n) is 3.95. The van der Waals surface area contributed by atoms with Gasteiger partial charge in [-0.2, -0.15) is 4.31 Å². The van der Waals surface area contributed by atoms with Crippen LogP contribution in [0.4, 0.5) is 11.4 Å². The molecule has 2 aliphatic heterocycles. The molecule has 32 heavy (non-hydrogen) atoms. The molecule has 1 amide bonds. The van der Waals surface area contributed by atoms with Gasteiger partial charge in [-0.05, 0) is 25.0 Å². The van der Waals surface area contributed by atoms with Crippen molar-refractivity contribution in [3.05, 3.63) is 33.9 Å². The monoisotopic (exact) mass is 468 g/mol. The van der Waals surface area contributed by atoms with E-state index >= 15 is 0 Å². The standard InChI is InChI=1S/C20H28N4O7S/c1-32(29,30)23-12-10-22(11-13-23)19(25)15-31-20(26)16-6-7-17(18(14-16)24(27)28)21-8-4-2-3-5-9-21/h6-7,14H,2-5,8-13,15H2,1H3. The van der Waals surface area contributed by atoms with Crippen molar-refractivity contribution in [2.75, 3.05) is 57.0 Å². The third-order valence-corrected chi connectivity index (χ3v) is 7.04. The molecule has 11 nitrogen and oxygen atoms in total. The molecule has 176 valence electrons. The van der Waals surface area contributed by atoms with E-state index < -0.39 is 33.4 Å². The van der Waals surface area contributed by atoms with Gasteiger partial charge in [0.25, 0.3) is 11.6 Å². The molecule has 3 rings (SSSR count). The van der Waals surface area contributed by atoms with Crippen LogP contribution in [0, 0.1) is 10.1 Å². The summed E-state index contributed by atoms with van der Waals surface area (Å²) in [7, 11) is -3.31. The molecule has 0 aromatic heterocycles. The first-order valence-corrected chi connectivity index (χ1v) is 12.4. The number of nitrogens with zero attached hydrogens (tertiary/aromatic N) is 4. The Hall–Kier alpha value is -2.73. The predicted molar refractivity (Wildman–Crippen MR) is 117 cm³/mol. The maximum atomic E-state index is 12.4. The quantitative estimate of drug-likeness (QED) is 0.346. The van der Waals surface area contributed by atoms with Gasteiger partial charge in [0, 0.05) is 45.3 Å². The van der Waals surface area contributed by atoms with Crippen LogP contribution < -0.4 is 4.90 Å². The van der Waals surface area contributed by atoms with Crippen molar-refractivity contribution in [2.45, 2.75) is 25.7 Å². The van der Waals surface area contributed by atoms with Crippen molar-refractivity contribution in [3.63, 3.8) is 0 Å². The van der Waals surface area contributed by atoms with E-state index in [1.807, 2.05) is 4.90 Å². The zero-order valence-corrected chi connectivity index (χ0v) is 18.9. The topological polar surface area (TPSA) is 130 Å². The molecule has 0 bridgehead atoms. The van der Waals surface area contributed by atoms with Crippen molar-refractivity contribution in [1.82, 2.24) is 9.21 Å². The second kappa shape index (κ2) is 10.3. The number of esters is 1. The molecule has 0 saturated carbocycles. The molecule has 2 fully saturated rings. The first-order valence-electron chi connectivity index (χ1n) is 10.6. The molecule has 0 aliphatic carbocycles. The van der Waals surface area contributed by atoms with Crippen LogP contribution in [-0.2, 0) is 19.6 Å². The Morgan fingerprint density at radius 3 is 2.22 bits per heavy atom. The second-order valence-electron chi connectivity index (χ2n) is 7.98. The lowest BCUT2D eigenvalue weighted by atomic mass is 10.1. The summed E-state index contributed by atoms with van der Waals surface area (Å²) >= 11 is 0. The van der Waals surface area contributed by atoms with Crippen LogP contribution in [0.25, 0.3) is 0 Å². The molecule has 2 aliphatic rings. The first-order chi connectivity index (χ1) is 15.2. The lowest BCUT2D eigenvalue weighted by molar-refractivity contribution is -0.384. The summed E-state index contributed by atoms with van der Waals surface area (Å²) in [5, 5.41) is 11.6. The van der Waals surface area contributed by atoms with E-state index in [4.69, 9.17) is 4.74 Å². The summed E-state index contributed by atoms with van der Waals surface area (Å²) in [6.07, 6.45) is 5.21. The molecule has 1 aromatic rings. The average Bonchev–Trinajstić information content (AvgIpc) is 3.05. The normalized spacial score (nSPS) is 18.2. The van der Waals surface area contributed by atoms with Crippen LogP contribution in [0.2, 0.25) is 0 Å². The third-order valence-electron chi connectivity index (χ3n) is 5.74. The molecule has 0 spiro atoms. The third kappa shape index (κ3) is 5.94. The fraction of sp³-hybridized carbons (Fsp3) is 0.600. The Kier molecular flexibility index (Phi) is 7.67. The summed E-state index contributed by atoms with van der Waals surface area (Å²) in [6.45, 7) is 1.72. The van der Waals surface area contributed by atoms with Gasteiger partial charge >= 0.3 is 5.97 Å². The van der Waals surface area contributed by atoms with Gasteiger partial charge in [-0.15, -0.1) is 0 Å². The SMILES string of the molecule is CS(=O)(=O)N1CCN(C(=O)COC(=O)c2ccc(N3CCCCCC3)c([N+](=O)[O-])c2)CC1. The fourth-order valence-corrected chi connectivity index (χ4v) is 4.77. The summed E-state index contributed by atoms with van der Waals surface area (Å²) in [5.41, 5.74) is 0.322. The summed E-state index contributed by atoms with van der Waals surface area (Å²) in [5.74, 6) is -1.26. The van der Waals surface area contributed by atoms with Crippen LogP contribution in [0.5, 0.6) is 0 Å². The molecular weight excluding hydrogens is 440 g/mol. The Labute approximate surface area is 187 Å². The van der Waals surface area contributed by atoms with Crippen molar-refractivity contribution >= 4 is 33.3 Å². The smallest absolute Gasteiger partial charge is 0.338 e. The molecule has 0 atom stereocenters. The van der Waals surface area contributed by atoms with Crippen molar-refractivity contribution < 1.29 is 27.7 Å². The maximum absolute atomic E-state index is 12.4. The molecule has 0 radical (unpaired) electrons. The van der Waals surface area contributed by atoms with Crippen LogP contribution in [0.1, 0.15) is 36.0 Å². The van der Waals surface area contributed by atoms with Crippen molar-refractivity contribution in [2.24, 2.45) is 0 Å². The maximum Gasteiger partial charge on any atom is 0.338 e. The number of rotatable bonds is 6. The summed E-state index contributed by atoms with van der Waals surface area (Å²) in [6, 6.07) is 4.23. The van der Waals surface area contributed by atoms with Gasteiger partial charge in [-0.25, -0.2) is 13.2 Å². The van der Waals surface area contributed by atoms with Gasteiger partial charge in [-0.3, -0.25) is 14.9 Å². The van der Waals surface area contributed by atoms with Crippen LogP contribution in [-0.4, -0.2) is 86.6 Å². The molecule has 0 unspecified atom stereocenters. The number of amides is 1. The first kappa shape index (κ1) is 23.9. The molecular formula is C20H28N4O7S. The van der Waals surface area contributed by atoms with Gasteiger partial charge in [0.2, 0.25) is 10.0 Å². The molecule has 1 aromatic carbocycles. The Balaban J connectivity index is 1.61. The Morgan fingerprint density at radius 1 is 1.03 bits per heavy atom. The number of benzene rings is 1. The number of anilines is 1. The number of sulfonamides is 1. The summed E-state index contributed by atoms with van der Waals surface area (Å²) < 4.78 is 29.5. The Bertz CT molecular complexity index is 966. The van der Waals surface area contributed by atoms with Gasteiger partial charge < -0.3 is 14.5 Å². The number of piperazine rings is 1. The molecule has 12 heteroatoms.